The molecule has 2 rings (SSSR count). The maximum atomic E-state index is 12.7. The second-order valence-electron chi connectivity index (χ2n) is 4.23. The number of hydrogen-bond donors (Lipinski definition) is 3. The number of hydrogen-bond acceptors (Lipinski definition) is 4. The summed E-state index contributed by atoms with van der Waals surface area (Å²) in [5, 5.41) is 14.2. The van der Waals surface area contributed by atoms with Crippen molar-refractivity contribution in [3.05, 3.63) is 65.2 Å². The zero-order valence-corrected chi connectivity index (χ0v) is 11.0. The number of halogens is 1. The molecule has 0 aliphatic carbocycles. The number of aromatic nitrogens is 1. The van der Waals surface area contributed by atoms with Crippen LogP contribution >= 0.6 is 0 Å². The highest BCUT2D eigenvalue weighted by atomic mass is 19.1. The van der Waals surface area contributed by atoms with Gasteiger partial charge in [0.05, 0.1) is 6.20 Å². The first-order chi connectivity index (χ1) is 10.1. The van der Waals surface area contributed by atoms with Crippen LogP contribution in [0.2, 0.25) is 0 Å². The molecular weight excluding hydrogens is 275 g/mol. The Hall–Kier alpha value is -2.96. The van der Waals surface area contributed by atoms with E-state index in [-0.39, 0.29) is 18.1 Å². The maximum absolute atomic E-state index is 12.7. The fourth-order valence-electron chi connectivity index (χ4n) is 1.68. The first kappa shape index (κ1) is 14.4. The molecule has 0 bridgehead atoms. The van der Waals surface area contributed by atoms with Crippen LogP contribution in [0.4, 0.5) is 4.39 Å². The molecule has 0 atom stereocenters. The number of amides is 1. The summed E-state index contributed by atoms with van der Waals surface area (Å²) in [6.45, 7) is 0.241. The Morgan fingerprint density at radius 2 is 2.19 bits per heavy atom. The van der Waals surface area contributed by atoms with Crippen molar-refractivity contribution in [3.8, 4) is 0 Å². The Morgan fingerprint density at radius 3 is 2.86 bits per heavy atom. The number of nitrogens with two attached hydrogens (primary N) is 1. The van der Waals surface area contributed by atoms with E-state index < -0.39 is 11.7 Å². The van der Waals surface area contributed by atoms with E-state index in [0.29, 0.717) is 5.56 Å². The van der Waals surface area contributed by atoms with Crippen molar-refractivity contribution in [2.75, 3.05) is 0 Å². The average molecular weight is 288 g/mol. The molecular formula is C14H13FN4O2. The lowest BCUT2D eigenvalue weighted by molar-refractivity contribution is 0.0946. The van der Waals surface area contributed by atoms with Crippen molar-refractivity contribution < 1.29 is 14.4 Å². The summed E-state index contributed by atoms with van der Waals surface area (Å²) < 4.78 is 12.7. The Morgan fingerprint density at radius 1 is 1.38 bits per heavy atom. The molecule has 6 nitrogen and oxygen atoms in total. The number of rotatable bonds is 4. The van der Waals surface area contributed by atoms with Crippen LogP contribution in [0.15, 0.2) is 47.8 Å². The number of benzene rings is 1. The van der Waals surface area contributed by atoms with E-state index in [1.54, 1.807) is 24.3 Å². The van der Waals surface area contributed by atoms with Crippen molar-refractivity contribution in [3.63, 3.8) is 0 Å². The van der Waals surface area contributed by atoms with Crippen molar-refractivity contribution in [1.29, 1.82) is 0 Å². The molecule has 0 saturated heterocycles. The molecule has 0 aliphatic rings. The maximum Gasteiger partial charge on any atom is 0.270 e. The Labute approximate surface area is 120 Å². The molecule has 2 aromatic rings. The molecule has 0 unspecified atom stereocenters. The average Bonchev–Trinajstić information content (AvgIpc) is 2.52. The van der Waals surface area contributed by atoms with Gasteiger partial charge in [0.15, 0.2) is 5.84 Å². The lowest BCUT2D eigenvalue weighted by Crippen LogP contribution is -2.24. The van der Waals surface area contributed by atoms with Crippen molar-refractivity contribution >= 4 is 11.7 Å². The molecule has 4 N–H and O–H groups in total. The summed E-state index contributed by atoms with van der Waals surface area (Å²) in [6, 6.07) is 9.35. The number of oxime groups is 1. The predicted molar refractivity (Wildman–Crippen MR) is 74.3 cm³/mol. The molecule has 108 valence electrons. The summed E-state index contributed by atoms with van der Waals surface area (Å²) >= 11 is 0. The lowest BCUT2D eigenvalue weighted by atomic mass is 10.1. The van der Waals surface area contributed by atoms with Gasteiger partial charge in [-0.25, -0.2) is 9.37 Å². The molecule has 21 heavy (non-hydrogen) atoms. The van der Waals surface area contributed by atoms with Crippen LogP contribution in [0.3, 0.4) is 0 Å². The van der Waals surface area contributed by atoms with E-state index in [1.807, 2.05) is 0 Å². The Balaban J connectivity index is 2.03. The number of pyridine rings is 1. The highest BCUT2D eigenvalue weighted by Crippen LogP contribution is 2.05. The van der Waals surface area contributed by atoms with Gasteiger partial charge in [-0.05, 0) is 23.8 Å². The summed E-state index contributed by atoms with van der Waals surface area (Å²) in [7, 11) is 0. The molecule has 0 aliphatic heterocycles. The van der Waals surface area contributed by atoms with E-state index in [4.69, 9.17) is 10.9 Å². The van der Waals surface area contributed by atoms with Gasteiger partial charge in [-0.3, -0.25) is 4.79 Å². The van der Waals surface area contributed by atoms with E-state index in [1.165, 1.54) is 12.1 Å². The van der Waals surface area contributed by atoms with Gasteiger partial charge in [0.1, 0.15) is 11.5 Å². The van der Waals surface area contributed by atoms with Gasteiger partial charge in [0.25, 0.3) is 5.91 Å². The Kier molecular flexibility index (Phi) is 4.45. The molecule has 1 amide bonds. The molecule has 0 fully saturated rings. The van der Waals surface area contributed by atoms with Crippen LogP contribution in [0.5, 0.6) is 0 Å². The van der Waals surface area contributed by atoms with E-state index >= 15 is 0 Å². The van der Waals surface area contributed by atoms with Crippen LogP contribution in [-0.2, 0) is 6.54 Å². The van der Waals surface area contributed by atoms with Gasteiger partial charge in [-0.2, -0.15) is 0 Å². The normalized spacial score (nSPS) is 11.2. The number of nitrogens with zero attached hydrogens (tertiary/aromatic N) is 2. The molecule has 1 heterocycles. The van der Waals surface area contributed by atoms with Crippen LogP contribution in [0.1, 0.15) is 21.6 Å². The third-order valence-electron chi connectivity index (χ3n) is 2.74. The van der Waals surface area contributed by atoms with Gasteiger partial charge in [-0.15, -0.1) is 0 Å². The molecule has 1 aromatic carbocycles. The van der Waals surface area contributed by atoms with Crippen LogP contribution in [-0.4, -0.2) is 21.9 Å². The predicted octanol–water partition coefficient (Wildman–Crippen LogP) is 1.25. The number of amidine groups is 1. The SMILES string of the molecule is N/C(=N/O)c1cccc(CNC(=O)c2ccc(F)cn2)c1. The zero-order valence-electron chi connectivity index (χ0n) is 11.0. The topological polar surface area (TPSA) is 101 Å². The number of carbonyl (C=O) groups is 1. The quantitative estimate of drug-likeness (QED) is 0.341. The van der Waals surface area contributed by atoms with Gasteiger partial charge >= 0.3 is 0 Å². The summed E-state index contributed by atoms with van der Waals surface area (Å²) in [5.41, 5.74) is 6.94. The largest absolute Gasteiger partial charge is 0.409 e. The van der Waals surface area contributed by atoms with Gasteiger partial charge in [-0.1, -0.05) is 23.4 Å². The molecule has 0 saturated carbocycles. The second kappa shape index (κ2) is 6.47. The van der Waals surface area contributed by atoms with Gasteiger partial charge in [0, 0.05) is 12.1 Å². The van der Waals surface area contributed by atoms with Crippen molar-refractivity contribution in [2.24, 2.45) is 10.9 Å². The standard InChI is InChI=1S/C14H13FN4O2/c15-11-4-5-12(17-8-11)14(20)18-7-9-2-1-3-10(6-9)13(16)19-21/h1-6,8,21H,7H2,(H2,16,19)(H,18,20). The minimum atomic E-state index is -0.502. The zero-order chi connectivity index (χ0) is 15.2. The van der Waals surface area contributed by atoms with Crippen LogP contribution < -0.4 is 11.1 Å². The highest BCUT2D eigenvalue weighted by molar-refractivity contribution is 5.97. The monoisotopic (exact) mass is 288 g/mol. The minimum absolute atomic E-state index is 0.0108. The minimum Gasteiger partial charge on any atom is -0.409 e. The summed E-state index contributed by atoms with van der Waals surface area (Å²) in [5.74, 6) is -0.925. The third-order valence-corrected chi connectivity index (χ3v) is 2.74. The smallest absolute Gasteiger partial charge is 0.270 e. The fourth-order valence-corrected chi connectivity index (χ4v) is 1.68. The Bertz CT molecular complexity index is 671. The molecule has 1 aromatic heterocycles. The third kappa shape index (κ3) is 3.75. The van der Waals surface area contributed by atoms with Crippen molar-refractivity contribution in [2.45, 2.75) is 6.54 Å². The fraction of sp³-hybridized carbons (Fsp3) is 0.0714. The molecule has 7 heteroatoms. The highest BCUT2D eigenvalue weighted by Gasteiger charge is 2.07. The summed E-state index contributed by atoms with van der Waals surface area (Å²) in [4.78, 5) is 15.5. The van der Waals surface area contributed by atoms with Crippen LogP contribution in [0.25, 0.3) is 0 Å². The van der Waals surface area contributed by atoms with Crippen LogP contribution in [0, 0.1) is 5.82 Å². The van der Waals surface area contributed by atoms with E-state index in [2.05, 4.69) is 15.5 Å². The second-order valence-corrected chi connectivity index (χ2v) is 4.23. The first-order valence-electron chi connectivity index (χ1n) is 6.07. The van der Waals surface area contributed by atoms with Gasteiger partial charge in [0.2, 0.25) is 0 Å². The van der Waals surface area contributed by atoms with Crippen molar-refractivity contribution in [1.82, 2.24) is 10.3 Å². The van der Waals surface area contributed by atoms with E-state index in [9.17, 15) is 9.18 Å². The molecule has 0 radical (unpaired) electrons. The summed E-state index contributed by atoms with van der Waals surface area (Å²) in [6.07, 6.45) is 0.980. The molecule has 0 spiro atoms. The lowest BCUT2D eigenvalue weighted by Gasteiger charge is -2.06. The van der Waals surface area contributed by atoms with E-state index in [0.717, 1.165) is 11.8 Å². The number of carbonyl (C=O) groups excluding carboxylic acids is 1. The first-order valence-corrected chi connectivity index (χ1v) is 6.07. The number of nitrogens with one attached hydrogen (secondary N) is 1. The van der Waals surface area contributed by atoms with Gasteiger partial charge < -0.3 is 16.3 Å².